The van der Waals surface area contributed by atoms with E-state index in [1.807, 2.05) is 72.5 Å². The molecule has 8 heteroatoms. The number of nitrogens with zero attached hydrogens (tertiary/aromatic N) is 1. The molecule has 8 nitrogen and oxygen atoms in total. The van der Waals surface area contributed by atoms with Crippen LogP contribution >= 0.6 is 0 Å². The Morgan fingerprint density at radius 1 is 0.857 bits per heavy atom. The molecule has 3 aromatic rings. The first-order valence-corrected chi connectivity index (χ1v) is 18.1. The van der Waals surface area contributed by atoms with Gasteiger partial charge in [-0.05, 0) is 85.7 Å². The number of rotatable bonds is 13. The SMILES string of the molecule is CCC(NC)C(=O)NC1C(=O)N2C(CCC1CCNCc1ccc(C(C)(C)C)cc1)CCC2C(=O)NC(c1ccccc1)c1ccccc1. The maximum atomic E-state index is 14.6. The van der Waals surface area contributed by atoms with Crippen LogP contribution in [0, 0.1) is 5.92 Å². The molecule has 2 heterocycles. The summed E-state index contributed by atoms with van der Waals surface area (Å²) in [5, 5.41) is 13.1. The maximum absolute atomic E-state index is 14.6. The Bertz CT molecular complexity index is 1480. The Morgan fingerprint density at radius 3 is 2.04 bits per heavy atom. The Morgan fingerprint density at radius 2 is 1.47 bits per heavy atom. The van der Waals surface area contributed by atoms with E-state index in [1.165, 1.54) is 11.1 Å². The molecular formula is C41H55N5O3. The van der Waals surface area contributed by atoms with E-state index in [0.717, 1.165) is 49.9 Å². The number of fused-ring (bicyclic) bond motifs is 1. The number of likely N-dealkylation sites (N-methyl/N-ethyl adjacent to an activating group) is 1. The Balaban J connectivity index is 1.31. The van der Waals surface area contributed by atoms with Gasteiger partial charge in [0.05, 0.1) is 12.1 Å². The highest BCUT2D eigenvalue weighted by Gasteiger charge is 2.47. The molecule has 262 valence electrons. The summed E-state index contributed by atoms with van der Waals surface area (Å²) in [6.45, 7) is 10.1. The van der Waals surface area contributed by atoms with Crippen LogP contribution in [-0.4, -0.2) is 60.4 Å². The molecule has 0 radical (unpaired) electrons. The number of hydrogen-bond acceptors (Lipinski definition) is 5. The predicted octanol–water partition coefficient (Wildman–Crippen LogP) is 5.62. The topological polar surface area (TPSA) is 103 Å². The van der Waals surface area contributed by atoms with Gasteiger partial charge in [0.1, 0.15) is 12.1 Å². The van der Waals surface area contributed by atoms with Crippen molar-refractivity contribution >= 4 is 17.7 Å². The summed E-state index contributed by atoms with van der Waals surface area (Å²) in [6.07, 6.45) is 4.35. The molecule has 49 heavy (non-hydrogen) atoms. The molecule has 0 saturated carbocycles. The van der Waals surface area contributed by atoms with Crippen LogP contribution in [0.25, 0.3) is 0 Å². The van der Waals surface area contributed by atoms with E-state index in [-0.39, 0.29) is 41.1 Å². The summed E-state index contributed by atoms with van der Waals surface area (Å²) < 4.78 is 0. The van der Waals surface area contributed by atoms with Gasteiger partial charge in [0.2, 0.25) is 17.7 Å². The second kappa shape index (κ2) is 16.6. The molecule has 2 fully saturated rings. The van der Waals surface area contributed by atoms with E-state index in [1.54, 1.807) is 7.05 Å². The smallest absolute Gasteiger partial charge is 0.246 e. The highest BCUT2D eigenvalue weighted by Crippen LogP contribution is 2.36. The minimum absolute atomic E-state index is 0.0277. The van der Waals surface area contributed by atoms with Gasteiger partial charge in [0.15, 0.2) is 0 Å². The summed E-state index contributed by atoms with van der Waals surface area (Å²) in [7, 11) is 1.77. The fourth-order valence-corrected chi connectivity index (χ4v) is 7.49. The number of hydrogen-bond donors (Lipinski definition) is 4. The van der Waals surface area contributed by atoms with Crippen molar-refractivity contribution in [3.63, 3.8) is 0 Å². The Labute approximate surface area is 292 Å². The zero-order chi connectivity index (χ0) is 35.0. The van der Waals surface area contributed by atoms with E-state index in [9.17, 15) is 14.4 Å². The molecule has 0 aromatic heterocycles. The van der Waals surface area contributed by atoms with Crippen molar-refractivity contribution in [2.24, 2.45) is 5.92 Å². The summed E-state index contributed by atoms with van der Waals surface area (Å²) in [6, 6.07) is 26.6. The average molecular weight is 666 g/mol. The highest BCUT2D eigenvalue weighted by molar-refractivity contribution is 5.94. The van der Waals surface area contributed by atoms with E-state index in [0.29, 0.717) is 12.8 Å². The summed E-state index contributed by atoms with van der Waals surface area (Å²) in [4.78, 5) is 43.9. The van der Waals surface area contributed by atoms with E-state index < -0.39 is 18.1 Å². The minimum Gasteiger partial charge on any atom is -0.343 e. The first-order chi connectivity index (χ1) is 23.6. The summed E-state index contributed by atoms with van der Waals surface area (Å²) in [5.74, 6) is -0.513. The van der Waals surface area contributed by atoms with Crippen LogP contribution in [0.1, 0.15) is 94.5 Å². The molecule has 5 rings (SSSR count). The van der Waals surface area contributed by atoms with Gasteiger partial charge in [-0.2, -0.15) is 0 Å². The molecule has 5 unspecified atom stereocenters. The van der Waals surface area contributed by atoms with Crippen molar-refractivity contribution in [1.29, 1.82) is 0 Å². The highest BCUT2D eigenvalue weighted by atomic mass is 16.2. The summed E-state index contributed by atoms with van der Waals surface area (Å²) >= 11 is 0. The summed E-state index contributed by atoms with van der Waals surface area (Å²) in [5.41, 5.74) is 4.61. The molecular weight excluding hydrogens is 610 g/mol. The van der Waals surface area contributed by atoms with E-state index >= 15 is 0 Å². The second-order valence-corrected chi connectivity index (χ2v) is 14.7. The molecule has 4 N–H and O–H groups in total. The lowest BCUT2D eigenvalue weighted by atomic mass is 9.87. The first-order valence-electron chi connectivity index (χ1n) is 18.1. The monoisotopic (exact) mass is 665 g/mol. The second-order valence-electron chi connectivity index (χ2n) is 14.7. The lowest BCUT2D eigenvalue weighted by Crippen LogP contribution is -2.58. The van der Waals surface area contributed by atoms with Gasteiger partial charge < -0.3 is 26.2 Å². The molecule has 2 saturated heterocycles. The van der Waals surface area contributed by atoms with Crippen molar-refractivity contribution in [3.8, 4) is 0 Å². The Kier molecular flexibility index (Phi) is 12.3. The van der Waals surface area contributed by atoms with Crippen molar-refractivity contribution in [1.82, 2.24) is 26.2 Å². The van der Waals surface area contributed by atoms with Crippen LogP contribution in [0.5, 0.6) is 0 Å². The lowest BCUT2D eigenvalue weighted by molar-refractivity contribution is -0.143. The van der Waals surface area contributed by atoms with Gasteiger partial charge in [0.25, 0.3) is 0 Å². The quantitative estimate of drug-likeness (QED) is 0.178. The van der Waals surface area contributed by atoms with Gasteiger partial charge >= 0.3 is 0 Å². The number of carbonyl (C=O) groups excluding carboxylic acids is 3. The Hall–Kier alpha value is -4.01. The van der Waals surface area contributed by atoms with Crippen LogP contribution in [-0.2, 0) is 26.3 Å². The molecule has 0 bridgehead atoms. The largest absolute Gasteiger partial charge is 0.343 e. The number of amides is 3. The van der Waals surface area contributed by atoms with Gasteiger partial charge in [0, 0.05) is 12.6 Å². The average Bonchev–Trinajstić information content (AvgIpc) is 3.49. The molecule has 3 amide bonds. The first kappa shape index (κ1) is 36.3. The van der Waals surface area contributed by atoms with Crippen molar-refractivity contribution in [3.05, 3.63) is 107 Å². The lowest BCUT2D eigenvalue weighted by Gasteiger charge is -2.33. The third-order valence-electron chi connectivity index (χ3n) is 10.4. The van der Waals surface area contributed by atoms with Gasteiger partial charge in [-0.25, -0.2) is 0 Å². The number of nitrogens with one attached hydrogen (secondary N) is 4. The maximum Gasteiger partial charge on any atom is 0.246 e. The van der Waals surface area contributed by atoms with Crippen molar-refractivity contribution in [2.75, 3.05) is 13.6 Å². The van der Waals surface area contributed by atoms with E-state index in [2.05, 4.69) is 66.3 Å². The van der Waals surface area contributed by atoms with Crippen molar-refractivity contribution < 1.29 is 14.4 Å². The molecule has 2 aliphatic heterocycles. The van der Waals surface area contributed by atoms with E-state index in [4.69, 9.17) is 0 Å². The number of carbonyl (C=O) groups is 3. The zero-order valence-electron chi connectivity index (χ0n) is 29.9. The molecule has 0 aliphatic carbocycles. The predicted molar refractivity (Wildman–Crippen MR) is 196 cm³/mol. The van der Waals surface area contributed by atoms with Gasteiger partial charge in [-0.15, -0.1) is 0 Å². The van der Waals surface area contributed by atoms with Crippen LogP contribution in [0.2, 0.25) is 0 Å². The van der Waals surface area contributed by atoms with Crippen LogP contribution in [0.15, 0.2) is 84.9 Å². The molecule has 0 spiro atoms. The third-order valence-corrected chi connectivity index (χ3v) is 10.4. The minimum atomic E-state index is -0.694. The van der Waals surface area contributed by atoms with Crippen LogP contribution in [0.3, 0.4) is 0 Å². The fraction of sp³-hybridized carbons (Fsp3) is 0.488. The molecule has 3 aromatic carbocycles. The van der Waals surface area contributed by atoms with Crippen LogP contribution < -0.4 is 21.3 Å². The number of benzene rings is 3. The standard InChI is InChI=1S/C41H55N5O3/c1-6-34(42-5)38(47)45-37-31(25-26-43-27-28-17-20-32(21-18-28)41(2,3)4)19-22-33-23-24-35(46(33)40(37)49)39(48)44-36(29-13-9-7-10-14-29)30-15-11-8-12-16-30/h7-18,20-21,31,33-37,42-43H,6,19,22-27H2,1-5H3,(H,44,48)(H,45,47). The van der Waals surface area contributed by atoms with Gasteiger partial charge in [-0.1, -0.05) is 113 Å². The fourth-order valence-electron chi connectivity index (χ4n) is 7.49. The van der Waals surface area contributed by atoms with Gasteiger partial charge in [-0.3, -0.25) is 14.4 Å². The van der Waals surface area contributed by atoms with Crippen molar-refractivity contribution in [2.45, 2.75) is 108 Å². The molecule has 2 aliphatic rings. The molecule has 5 atom stereocenters. The third kappa shape index (κ3) is 8.97. The van der Waals surface area contributed by atoms with Crippen LogP contribution in [0.4, 0.5) is 0 Å². The normalized spacial score (nSPS) is 21.6. The zero-order valence-corrected chi connectivity index (χ0v) is 29.9.